The average Bonchev–Trinajstić information content (AvgIpc) is 2.49. The van der Waals surface area contributed by atoms with Gasteiger partial charge in [0.2, 0.25) is 0 Å². The summed E-state index contributed by atoms with van der Waals surface area (Å²) in [6, 6.07) is 5.65. The summed E-state index contributed by atoms with van der Waals surface area (Å²) in [5.41, 5.74) is 1.07. The van der Waals surface area contributed by atoms with Crippen LogP contribution in [0.2, 0.25) is 0 Å². The fourth-order valence-electron chi connectivity index (χ4n) is 1.94. The first-order valence-electron chi connectivity index (χ1n) is 7.07. The zero-order valence-corrected chi connectivity index (χ0v) is 12.6. The quantitative estimate of drug-likeness (QED) is 0.686. The summed E-state index contributed by atoms with van der Waals surface area (Å²) in [6.45, 7) is 4.39. The maximum absolute atomic E-state index is 11.7. The predicted octanol–water partition coefficient (Wildman–Crippen LogP) is 1.10. The number of aromatic nitrogens is 1. The zero-order chi connectivity index (χ0) is 14.8. The maximum atomic E-state index is 11.7. The Kier molecular flexibility index (Phi) is 7.84. The maximum Gasteiger partial charge on any atom is 0.324 e. The van der Waals surface area contributed by atoms with Gasteiger partial charge in [-0.15, -0.1) is 0 Å². The van der Waals surface area contributed by atoms with Crippen LogP contribution in [-0.2, 0) is 16.0 Å². The molecule has 1 heterocycles. The highest BCUT2D eigenvalue weighted by Gasteiger charge is 2.19. The molecule has 0 saturated heterocycles. The monoisotopic (exact) mass is 279 g/mol. The third-order valence-corrected chi connectivity index (χ3v) is 3.10. The van der Waals surface area contributed by atoms with E-state index in [0.29, 0.717) is 6.54 Å². The molecule has 1 N–H and O–H groups in total. The van der Waals surface area contributed by atoms with E-state index in [4.69, 9.17) is 4.74 Å². The molecule has 0 aliphatic heterocycles. The second-order valence-corrected chi connectivity index (χ2v) is 4.86. The molecule has 20 heavy (non-hydrogen) atoms. The van der Waals surface area contributed by atoms with Crippen LogP contribution < -0.4 is 5.32 Å². The van der Waals surface area contributed by atoms with Gasteiger partial charge in [-0.05, 0) is 32.1 Å². The van der Waals surface area contributed by atoms with Gasteiger partial charge in [0, 0.05) is 31.4 Å². The number of carbonyl (C=O) groups excluding carboxylic acids is 1. The minimum absolute atomic E-state index is 0.205. The number of hydrogen-bond donors (Lipinski definition) is 1. The molecule has 0 aliphatic carbocycles. The third kappa shape index (κ3) is 6.12. The minimum Gasteiger partial charge on any atom is -0.468 e. The molecule has 0 bridgehead atoms. The van der Waals surface area contributed by atoms with E-state index in [0.717, 1.165) is 31.6 Å². The van der Waals surface area contributed by atoms with Crippen LogP contribution in [0.1, 0.15) is 19.0 Å². The van der Waals surface area contributed by atoms with Gasteiger partial charge in [0.15, 0.2) is 0 Å². The first-order valence-corrected chi connectivity index (χ1v) is 7.07. The van der Waals surface area contributed by atoms with Crippen molar-refractivity contribution in [1.29, 1.82) is 0 Å². The smallest absolute Gasteiger partial charge is 0.324 e. The highest BCUT2D eigenvalue weighted by molar-refractivity contribution is 5.75. The summed E-state index contributed by atoms with van der Waals surface area (Å²) < 4.78 is 4.83. The summed E-state index contributed by atoms with van der Waals surface area (Å²) >= 11 is 0. The van der Waals surface area contributed by atoms with Crippen LogP contribution >= 0.6 is 0 Å². The van der Waals surface area contributed by atoms with Gasteiger partial charge < -0.3 is 15.0 Å². The molecule has 5 nitrogen and oxygen atoms in total. The van der Waals surface area contributed by atoms with E-state index >= 15 is 0 Å². The SMILES string of the molecule is CCCNC(CN(C)CCc1ccccn1)C(=O)OC. The van der Waals surface area contributed by atoms with E-state index in [1.165, 1.54) is 7.11 Å². The van der Waals surface area contributed by atoms with Crippen LogP contribution in [0.4, 0.5) is 0 Å². The molecule has 1 unspecified atom stereocenters. The largest absolute Gasteiger partial charge is 0.468 e. The fourth-order valence-corrected chi connectivity index (χ4v) is 1.94. The van der Waals surface area contributed by atoms with Gasteiger partial charge in [-0.2, -0.15) is 0 Å². The Morgan fingerprint density at radius 1 is 1.50 bits per heavy atom. The van der Waals surface area contributed by atoms with E-state index in [1.54, 1.807) is 6.20 Å². The second kappa shape index (κ2) is 9.44. The number of rotatable bonds is 9. The van der Waals surface area contributed by atoms with Crippen molar-refractivity contribution in [1.82, 2.24) is 15.2 Å². The molecular weight excluding hydrogens is 254 g/mol. The Bertz CT molecular complexity index is 384. The molecular formula is C15H25N3O2. The summed E-state index contributed by atoms with van der Waals surface area (Å²) in [5.74, 6) is -0.205. The van der Waals surface area contributed by atoms with Crippen molar-refractivity contribution in [2.24, 2.45) is 0 Å². The normalized spacial score (nSPS) is 12.4. The molecule has 0 spiro atoms. The summed E-state index contributed by atoms with van der Waals surface area (Å²) in [7, 11) is 3.43. The van der Waals surface area contributed by atoms with Crippen LogP contribution in [0.5, 0.6) is 0 Å². The first kappa shape index (κ1) is 16.6. The van der Waals surface area contributed by atoms with E-state index in [9.17, 15) is 4.79 Å². The van der Waals surface area contributed by atoms with Crippen molar-refractivity contribution in [2.75, 3.05) is 33.8 Å². The van der Waals surface area contributed by atoms with Crippen LogP contribution in [0.15, 0.2) is 24.4 Å². The summed E-state index contributed by atoms with van der Waals surface area (Å²) in [5, 5.41) is 3.22. The number of pyridine rings is 1. The third-order valence-electron chi connectivity index (χ3n) is 3.10. The van der Waals surface area contributed by atoms with Crippen LogP contribution in [-0.4, -0.2) is 55.7 Å². The molecule has 0 aliphatic rings. The Balaban J connectivity index is 2.40. The number of methoxy groups -OCH3 is 1. The standard InChI is InChI=1S/C15H25N3O2/c1-4-9-17-14(15(19)20-3)12-18(2)11-8-13-7-5-6-10-16-13/h5-7,10,14,17H,4,8-9,11-12H2,1-3H3. The van der Waals surface area contributed by atoms with Crippen molar-refractivity contribution < 1.29 is 9.53 Å². The molecule has 0 radical (unpaired) electrons. The number of hydrogen-bond acceptors (Lipinski definition) is 5. The van der Waals surface area contributed by atoms with E-state index in [2.05, 4.69) is 22.1 Å². The number of likely N-dealkylation sites (N-methyl/N-ethyl adjacent to an activating group) is 1. The van der Waals surface area contributed by atoms with Crippen molar-refractivity contribution >= 4 is 5.97 Å². The number of nitrogens with one attached hydrogen (secondary N) is 1. The van der Waals surface area contributed by atoms with Crippen LogP contribution in [0, 0.1) is 0 Å². The Labute approximate surface area is 121 Å². The van der Waals surface area contributed by atoms with Crippen molar-refractivity contribution in [3.05, 3.63) is 30.1 Å². The molecule has 112 valence electrons. The lowest BCUT2D eigenvalue weighted by Crippen LogP contribution is -2.46. The summed E-state index contributed by atoms with van der Waals surface area (Å²) in [4.78, 5) is 18.1. The van der Waals surface area contributed by atoms with Crippen LogP contribution in [0.25, 0.3) is 0 Å². The average molecular weight is 279 g/mol. The van der Waals surface area contributed by atoms with Gasteiger partial charge in [0.05, 0.1) is 7.11 Å². The van der Waals surface area contributed by atoms with Gasteiger partial charge >= 0.3 is 5.97 Å². The van der Waals surface area contributed by atoms with Crippen LogP contribution in [0.3, 0.4) is 0 Å². The molecule has 1 atom stereocenters. The number of ether oxygens (including phenoxy) is 1. The second-order valence-electron chi connectivity index (χ2n) is 4.86. The van der Waals surface area contributed by atoms with Gasteiger partial charge in [0.25, 0.3) is 0 Å². The van der Waals surface area contributed by atoms with Gasteiger partial charge in [0.1, 0.15) is 6.04 Å². The van der Waals surface area contributed by atoms with Crippen molar-refractivity contribution in [3.8, 4) is 0 Å². The number of nitrogens with zero attached hydrogens (tertiary/aromatic N) is 2. The highest BCUT2D eigenvalue weighted by Crippen LogP contribution is 1.99. The van der Waals surface area contributed by atoms with E-state index in [-0.39, 0.29) is 12.0 Å². The zero-order valence-electron chi connectivity index (χ0n) is 12.6. The molecule has 0 fully saturated rings. The van der Waals surface area contributed by atoms with Gasteiger partial charge in [-0.25, -0.2) is 0 Å². The lowest BCUT2D eigenvalue weighted by molar-refractivity contribution is -0.143. The molecule has 1 aromatic rings. The molecule has 5 heteroatoms. The van der Waals surface area contributed by atoms with Gasteiger partial charge in [-0.3, -0.25) is 9.78 Å². The topological polar surface area (TPSA) is 54.5 Å². The fraction of sp³-hybridized carbons (Fsp3) is 0.600. The van der Waals surface area contributed by atoms with Gasteiger partial charge in [-0.1, -0.05) is 13.0 Å². The van der Waals surface area contributed by atoms with Crippen molar-refractivity contribution in [2.45, 2.75) is 25.8 Å². The van der Waals surface area contributed by atoms with E-state index in [1.807, 2.05) is 25.2 Å². The number of carbonyl (C=O) groups is 1. The first-order chi connectivity index (χ1) is 9.67. The summed E-state index contributed by atoms with van der Waals surface area (Å²) in [6.07, 6.45) is 3.67. The number of esters is 1. The molecule has 1 aromatic heterocycles. The molecule has 0 aromatic carbocycles. The molecule has 0 saturated carbocycles. The predicted molar refractivity (Wildman–Crippen MR) is 79.5 cm³/mol. The molecule has 1 rings (SSSR count). The Morgan fingerprint density at radius 3 is 2.90 bits per heavy atom. The minimum atomic E-state index is -0.270. The Hall–Kier alpha value is -1.46. The molecule has 0 amide bonds. The Morgan fingerprint density at radius 2 is 2.30 bits per heavy atom. The lowest BCUT2D eigenvalue weighted by atomic mass is 10.2. The lowest BCUT2D eigenvalue weighted by Gasteiger charge is -2.23. The van der Waals surface area contributed by atoms with E-state index < -0.39 is 0 Å². The van der Waals surface area contributed by atoms with Crippen molar-refractivity contribution in [3.63, 3.8) is 0 Å². The highest BCUT2D eigenvalue weighted by atomic mass is 16.5.